The van der Waals surface area contributed by atoms with Gasteiger partial charge in [0.25, 0.3) is 0 Å². The smallest absolute Gasteiger partial charge is 0.245 e. The van der Waals surface area contributed by atoms with E-state index in [2.05, 4.69) is 25.3 Å². The molecule has 0 unspecified atom stereocenters. The Labute approximate surface area is 172 Å². The van der Waals surface area contributed by atoms with Crippen LogP contribution in [0.5, 0.6) is 0 Å². The summed E-state index contributed by atoms with van der Waals surface area (Å²) in [5.74, 6) is 1.45. The van der Waals surface area contributed by atoms with Gasteiger partial charge in [-0.3, -0.25) is 0 Å². The zero-order valence-electron chi connectivity index (χ0n) is 15.6. The quantitative estimate of drug-likeness (QED) is 0.552. The van der Waals surface area contributed by atoms with Gasteiger partial charge in [-0.1, -0.05) is 23.7 Å². The Morgan fingerprint density at radius 2 is 1.86 bits per heavy atom. The van der Waals surface area contributed by atoms with Crippen molar-refractivity contribution in [3.8, 4) is 11.3 Å². The minimum absolute atomic E-state index is 0.498. The maximum absolute atomic E-state index is 6.15. The van der Waals surface area contributed by atoms with Crippen LogP contribution in [0.25, 0.3) is 16.8 Å². The molecule has 1 fully saturated rings. The van der Waals surface area contributed by atoms with Crippen LogP contribution in [-0.4, -0.2) is 45.9 Å². The fourth-order valence-electron chi connectivity index (χ4n) is 3.39. The van der Waals surface area contributed by atoms with Gasteiger partial charge in [-0.05, 0) is 36.4 Å². The van der Waals surface area contributed by atoms with Crippen LogP contribution in [-0.2, 0) is 4.74 Å². The molecule has 1 aliphatic heterocycles. The van der Waals surface area contributed by atoms with E-state index in [-0.39, 0.29) is 0 Å². The third-order valence-corrected chi connectivity index (χ3v) is 5.09. The molecule has 0 amide bonds. The first-order valence-electron chi connectivity index (χ1n) is 9.43. The Bertz CT molecular complexity index is 1140. The molecular formula is C21H19ClN6O. The van der Waals surface area contributed by atoms with Gasteiger partial charge in [-0.2, -0.15) is 0 Å². The van der Waals surface area contributed by atoms with Crippen molar-refractivity contribution in [1.82, 2.24) is 19.6 Å². The highest BCUT2D eigenvalue weighted by Gasteiger charge is 2.12. The molecule has 1 aromatic carbocycles. The minimum atomic E-state index is 0.498. The minimum Gasteiger partial charge on any atom is -0.378 e. The topological polar surface area (TPSA) is 67.6 Å². The molecule has 8 heteroatoms. The van der Waals surface area contributed by atoms with Crippen molar-refractivity contribution in [1.29, 1.82) is 0 Å². The summed E-state index contributed by atoms with van der Waals surface area (Å²) in [5, 5.41) is 8.57. The second-order valence-electron chi connectivity index (χ2n) is 6.78. The molecule has 1 saturated heterocycles. The van der Waals surface area contributed by atoms with E-state index in [9.17, 15) is 0 Å². The Balaban J connectivity index is 1.40. The standard InChI is InChI=1S/C21H19ClN6O/c22-16-3-1-2-15(12-16)19-6-5-18-14-24-21(26-28(18)19)25-17-4-7-20(23-13-17)27-8-10-29-11-9-27/h1-7,12-14H,8-11H2,(H,25,26). The van der Waals surface area contributed by atoms with Gasteiger partial charge in [-0.15, -0.1) is 5.10 Å². The number of hydrogen-bond donors (Lipinski definition) is 1. The van der Waals surface area contributed by atoms with Crippen LogP contribution >= 0.6 is 11.6 Å². The van der Waals surface area contributed by atoms with E-state index in [1.54, 1.807) is 12.4 Å². The highest BCUT2D eigenvalue weighted by Crippen LogP contribution is 2.25. The maximum atomic E-state index is 6.15. The molecule has 0 saturated carbocycles. The average molecular weight is 407 g/mol. The van der Waals surface area contributed by atoms with Crippen LogP contribution in [0.4, 0.5) is 17.5 Å². The van der Waals surface area contributed by atoms with Crippen molar-refractivity contribution in [3.05, 3.63) is 65.9 Å². The number of pyridine rings is 1. The molecule has 7 nitrogen and oxygen atoms in total. The van der Waals surface area contributed by atoms with Gasteiger partial charge in [-0.25, -0.2) is 14.5 Å². The van der Waals surface area contributed by atoms with Crippen LogP contribution in [0.15, 0.2) is 60.9 Å². The first-order valence-corrected chi connectivity index (χ1v) is 9.80. The summed E-state index contributed by atoms with van der Waals surface area (Å²) in [5.41, 5.74) is 3.69. The Morgan fingerprint density at radius 1 is 0.966 bits per heavy atom. The van der Waals surface area contributed by atoms with Gasteiger partial charge >= 0.3 is 0 Å². The molecule has 3 aromatic heterocycles. The lowest BCUT2D eigenvalue weighted by Gasteiger charge is -2.27. The predicted octanol–water partition coefficient (Wildman–Crippen LogP) is 4.02. The highest BCUT2D eigenvalue weighted by molar-refractivity contribution is 6.30. The number of anilines is 3. The van der Waals surface area contributed by atoms with Gasteiger partial charge in [0.05, 0.1) is 42.5 Å². The molecular weight excluding hydrogens is 388 g/mol. The summed E-state index contributed by atoms with van der Waals surface area (Å²) in [6.07, 6.45) is 3.59. The van der Waals surface area contributed by atoms with Crippen LogP contribution < -0.4 is 10.2 Å². The van der Waals surface area contributed by atoms with E-state index in [0.717, 1.165) is 54.6 Å². The number of rotatable bonds is 4. The Kier molecular flexibility index (Phi) is 4.75. The molecule has 0 bridgehead atoms. The number of hydrogen-bond acceptors (Lipinski definition) is 6. The highest BCUT2D eigenvalue weighted by atomic mass is 35.5. The van der Waals surface area contributed by atoms with Gasteiger partial charge in [0.15, 0.2) is 0 Å². The third-order valence-electron chi connectivity index (χ3n) is 4.86. The zero-order valence-corrected chi connectivity index (χ0v) is 16.4. The molecule has 1 aliphatic rings. The van der Waals surface area contributed by atoms with Crippen molar-refractivity contribution in [2.24, 2.45) is 0 Å². The summed E-state index contributed by atoms with van der Waals surface area (Å²) in [6.45, 7) is 3.20. The van der Waals surface area contributed by atoms with E-state index < -0.39 is 0 Å². The first kappa shape index (κ1) is 17.9. The number of fused-ring (bicyclic) bond motifs is 1. The van der Waals surface area contributed by atoms with E-state index in [4.69, 9.17) is 16.3 Å². The van der Waals surface area contributed by atoms with Gasteiger partial charge in [0, 0.05) is 23.7 Å². The monoisotopic (exact) mass is 406 g/mol. The molecule has 4 heterocycles. The normalized spacial score (nSPS) is 14.3. The maximum Gasteiger partial charge on any atom is 0.245 e. The van der Waals surface area contributed by atoms with E-state index in [1.165, 1.54) is 0 Å². The lowest BCUT2D eigenvalue weighted by molar-refractivity contribution is 0.122. The SMILES string of the molecule is Clc1cccc(-c2ccc3cnc(Nc4ccc(N5CCOCC5)nc4)nn23)c1. The van der Waals surface area contributed by atoms with Crippen LogP contribution in [0.3, 0.4) is 0 Å². The second-order valence-corrected chi connectivity index (χ2v) is 7.21. The summed E-state index contributed by atoms with van der Waals surface area (Å²) >= 11 is 6.15. The predicted molar refractivity (Wildman–Crippen MR) is 114 cm³/mol. The molecule has 0 aliphatic carbocycles. The van der Waals surface area contributed by atoms with E-state index in [1.807, 2.05) is 53.0 Å². The second kappa shape index (κ2) is 7.69. The van der Waals surface area contributed by atoms with Crippen LogP contribution in [0.2, 0.25) is 5.02 Å². The largest absolute Gasteiger partial charge is 0.378 e. The zero-order chi connectivity index (χ0) is 19.6. The van der Waals surface area contributed by atoms with Crippen LogP contribution in [0, 0.1) is 0 Å². The third kappa shape index (κ3) is 3.74. The van der Waals surface area contributed by atoms with Gasteiger partial charge in [0.2, 0.25) is 5.95 Å². The molecule has 0 radical (unpaired) electrons. The molecule has 0 atom stereocenters. The molecule has 4 aromatic rings. The number of aromatic nitrogens is 4. The average Bonchev–Trinajstić information content (AvgIpc) is 3.18. The Morgan fingerprint density at radius 3 is 2.66 bits per heavy atom. The van der Waals surface area contributed by atoms with Crippen molar-refractivity contribution < 1.29 is 4.74 Å². The molecule has 1 N–H and O–H groups in total. The number of ether oxygens (including phenoxy) is 1. The molecule has 29 heavy (non-hydrogen) atoms. The molecule has 0 spiro atoms. The van der Waals surface area contributed by atoms with E-state index in [0.29, 0.717) is 11.0 Å². The van der Waals surface area contributed by atoms with E-state index >= 15 is 0 Å². The van der Waals surface area contributed by atoms with Crippen molar-refractivity contribution in [3.63, 3.8) is 0 Å². The number of morpholine rings is 1. The summed E-state index contributed by atoms with van der Waals surface area (Å²) in [4.78, 5) is 11.2. The van der Waals surface area contributed by atoms with Crippen molar-refractivity contribution >= 4 is 34.6 Å². The molecule has 5 rings (SSSR count). The number of benzene rings is 1. The number of halogens is 1. The molecule has 146 valence electrons. The number of nitrogens with zero attached hydrogens (tertiary/aromatic N) is 5. The number of nitrogens with one attached hydrogen (secondary N) is 1. The fraction of sp³-hybridized carbons (Fsp3) is 0.190. The van der Waals surface area contributed by atoms with Crippen LogP contribution in [0.1, 0.15) is 0 Å². The van der Waals surface area contributed by atoms with Crippen molar-refractivity contribution in [2.75, 3.05) is 36.5 Å². The van der Waals surface area contributed by atoms with Gasteiger partial charge < -0.3 is 15.0 Å². The first-order chi connectivity index (χ1) is 14.3. The summed E-state index contributed by atoms with van der Waals surface area (Å²) < 4.78 is 7.25. The summed E-state index contributed by atoms with van der Waals surface area (Å²) in [6, 6.07) is 15.7. The summed E-state index contributed by atoms with van der Waals surface area (Å²) in [7, 11) is 0. The fourth-order valence-corrected chi connectivity index (χ4v) is 3.58. The lowest BCUT2D eigenvalue weighted by atomic mass is 10.2. The Hall–Kier alpha value is -3.16. The lowest BCUT2D eigenvalue weighted by Crippen LogP contribution is -2.36. The van der Waals surface area contributed by atoms with Crippen molar-refractivity contribution in [2.45, 2.75) is 0 Å². The van der Waals surface area contributed by atoms with Gasteiger partial charge in [0.1, 0.15) is 5.82 Å².